The molecule has 1 saturated heterocycles. The fourth-order valence-electron chi connectivity index (χ4n) is 3.16. The molecule has 1 aliphatic heterocycles. The Kier molecular flexibility index (Phi) is 7.00. The lowest BCUT2D eigenvalue weighted by Gasteiger charge is -2.07. The van der Waals surface area contributed by atoms with E-state index in [-0.39, 0.29) is 5.91 Å². The molecule has 1 amide bonds. The molecule has 7 heteroatoms. The zero-order valence-corrected chi connectivity index (χ0v) is 19.4. The molecule has 1 aliphatic rings. The fraction of sp³-hybridized carbons (Fsp3) is 0.154. The Hall–Kier alpha value is -3.71. The van der Waals surface area contributed by atoms with Crippen LogP contribution in [-0.4, -0.2) is 25.3 Å². The van der Waals surface area contributed by atoms with Gasteiger partial charge in [-0.25, -0.2) is 4.99 Å². The normalized spacial score (nSPS) is 15.5. The quantitative estimate of drug-likeness (QED) is 0.473. The average Bonchev–Trinajstić information content (AvgIpc) is 3.17. The lowest BCUT2D eigenvalue weighted by Crippen LogP contribution is -2.19. The monoisotopic (exact) mass is 460 g/mol. The van der Waals surface area contributed by atoms with E-state index in [1.54, 1.807) is 32.4 Å². The number of ether oxygens (including phenoxy) is 3. The van der Waals surface area contributed by atoms with Crippen LogP contribution in [0.1, 0.15) is 16.7 Å². The van der Waals surface area contributed by atoms with Gasteiger partial charge in [0, 0.05) is 6.07 Å². The average molecular weight is 461 g/mol. The van der Waals surface area contributed by atoms with Crippen LogP contribution in [0, 0.1) is 6.92 Å². The lowest BCUT2D eigenvalue weighted by molar-refractivity contribution is -0.115. The molecule has 0 radical (unpaired) electrons. The van der Waals surface area contributed by atoms with Gasteiger partial charge in [0.25, 0.3) is 5.91 Å². The number of nitrogens with zero attached hydrogens (tertiary/aromatic N) is 1. The summed E-state index contributed by atoms with van der Waals surface area (Å²) in [7, 11) is 3.16. The smallest absolute Gasteiger partial charge is 0.264 e. The van der Waals surface area contributed by atoms with Crippen molar-refractivity contribution < 1.29 is 19.0 Å². The second-order valence-corrected chi connectivity index (χ2v) is 8.40. The highest BCUT2D eigenvalue weighted by molar-refractivity contribution is 8.18. The molecule has 0 spiro atoms. The number of hydrogen-bond donors (Lipinski definition) is 1. The summed E-state index contributed by atoms with van der Waals surface area (Å²) in [6.45, 7) is 2.54. The van der Waals surface area contributed by atoms with Crippen LogP contribution < -0.4 is 19.5 Å². The van der Waals surface area contributed by atoms with Crippen LogP contribution in [0.2, 0.25) is 0 Å². The summed E-state index contributed by atoms with van der Waals surface area (Å²) in [5.74, 6) is 1.78. The molecule has 3 aromatic rings. The lowest BCUT2D eigenvalue weighted by atomic mass is 10.1. The Morgan fingerprint density at radius 2 is 1.79 bits per heavy atom. The number of aryl methyl sites for hydroxylation is 1. The van der Waals surface area contributed by atoms with Crippen LogP contribution >= 0.6 is 11.8 Å². The van der Waals surface area contributed by atoms with Gasteiger partial charge in [0.2, 0.25) is 0 Å². The molecule has 0 saturated carbocycles. The molecule has 6 nitrogen and oxygen atoms in total. The van der Waals surface area contributed by atoms with Crippen LogP contribution in [0.25, 0.3) is 6.08 Å². The van der Waals surface area contributed by atoms with Crippen molar-refractivity contribution in [1.82, 2.24) is 5.32 Å². The molecule has 0 atom stereocenters. The summed E-state index contributed by atoms with van der Waals surface area (Å²) >= 11 is 1.28. The number of methoxy groups -OCH3 is 2. The van der Waals surface area contributed by atoms with Gasteiger partial charge in [-0.3, -0.25) is 4.79 Å². The maximum Gasteiger partial charge on any atom is 0.264 e. The number of rotatable bonds is 7. The third-order valence-electron chi connectivity index (χ3n) is 4.94. The molecule has 1 heterocycles. The minimum Gasteiger partial charge on any atom is -0.497 e. The minimum absolute atomic E-state index is 0.197. The number of amides is 1. The summed E-state index contributed by atoms with van der Waals surface area (Å²) < 4.78 is 16.5. The van der Waals surface area contributed by atoms with Crippen molar-refractivity contribution in [3.05, 3.63) is 88.3 Å². The number of carbonyl (C=O) groups is 1. The molecular formula is C26H24N2O4S. The number of amidine groups is 1. The van der Waals surface area contributed by atoms with Gasteiger partial charge in [0.15, 0.2) is 5.17 Å². The SMILES string of the molecule is COc1ccc(N=C2NC(=O)C(=Cc3cccc(OCc4ccc(C)cc4)c3)S2)c(OC)c1. The number of thioether (sulfide) groups is 1. The van der Waals surface area contributed by atoms with Gasteiger partial charge in [0.1, 0.15) is 29.5 Å². The van der Waals surface area contributed by atoms with E-state index >= 15 is 0 Å². The first-order valence-electron chi connectivity index (χ1n) is 10.3. The Balaban J connectivity index is 1.47. The summed E-state index contributed by atoms with van der Waals surface area (Å²) in [5, 5.41) is 3.29. The molecule has 33 heavy (non-hydrogen) atoms. The summed E-state index contributed by atoms with van der Waals surface area (Å²) in [4.78, 5) is 17.6. The van der Waals surface area contributed by atoms with Gasteiger partial charge in [0.05, 0.1) is 19.1 Å². The van der Waals surface area contributed by atoms with Gasteiger partial charge < -0.3 is 19.5 Å². The highest BCUT2D eigenvalue weighted by atomic mass is 32.2. The molecule has 0 aromatic heterocycles. The molecule has 0 aliphatic carbocycles. The summed E-state index contributed by atoms with van der Waals surface area (Å²) in [6.07, 6.45) is 1.83. The van der Waals surface area contributed by atoms with Gasteiger partial charge in [-0.1, -0.05) is 42.0 Å². The van der Waals surface area contributed by atoms with E-state index in [9.17, 15) is 4.79 Å². The number of hydrogen-bond acceptors (Lipinski definition) is 6. The Morgan fingerprint density at radius 3 is 2.55 bits per heavy atom. The van der Waals surface area contributed by atoms with E-state index in [0.29, 0.717) is 33.9 Å². The highest BCUT2D eigenvalue weighted by Gasteiger charge is 2.24. The maximum atomic E-state index is 12.5. The van der Waals surface area contributed by atoms with Crippen molar-refractivity contribution in [2.75, 3.05) is 14.2 Å². The molecule has 1 N–H and O–H groups in total. The molecule has 0 bridgehead atoms. The zero-order valence-electron chi connectivity index (χ0n) is 18.6. The second-order valence-electron chi connectivity index (χ2n) is 7.37. The van der Waals surface area contributed by atoms with E-state index < -0.39 is 0 Å². The van der Waals surface area contributed by atoms with Gasteiger partial charge in [-0.15, -0.1) is 0 Å². The topological polar surface area (TPSA) is 69.2 Å². The number of benzene rings is 3. The van der Waals surface area contributed by atoms with Crippen molar-refractivity contribution in [2.45, 2.75) is 13.5 Å². The third-order valence-corrected chi connectivity index (χ3v) is 5.85. The zero-order chi connectivity index (χ0) is 23.2. The first-order valence-corrected chi connectivity index (χ1v) is 11.2. The van der Waals surface area contributed by atoms with Crippen LogP contribution in [0.15, 0.2) is 76.6 Å². The first kappa shape index (κ1) is 22.5. The molecule has 1 fully saturated rings. The Bertz CT molecular complexity index is 1220. The van der Waals surface area contributed by atoms with E-state index in [1.807, 2.05) is 30.3 Å². The fourth-order valence-corrected chi connectivity index (χ4v) is 4.00. The molecule has 3 aromatic carbocycles. The van der Waals surface area contributed by atoms with E-state index in [4.69, 9.17) is 14.2 Å². The summed E-state index contributed by atoms with van der Waals surface area (Å²) in [5.41, 5.74) is 3.80. The number of nitrogens with one attached hydrogen (secondary N) is 1. The predicted molar refractivity (Wildman–Crippen MR) is 132 cm³/mol. The van der Waals surface area contributed by atoms with Crippen molar-refractivity contribution in [1.29, 1.82) is 0 Å². The summed E-state index contributed by atoms with van der Waals surface area (Å²) in [6, 6.07) is 21.2. The van der Waals surface area contributed by atoms with Crippen molar-refractivity contribution in [3.63, 3.8) is 0 Å². The van der Waals surface area contributed by atoms with E-state index in [1.165, 1.54) is 17.3 Å². The van der Waals surface area contributed by atoms with Crippen LogP contribution in [-0.2, 0) is 11.4 Å². The second kappa shape index (κ2) is 10.3. The minimum atomic E-state index is -0.197. The predicted octanol–water partition coefficient (Wildman–Crippen LogP) is 5.48. The highest BCUT2D eigenvalue weighted by Crippen LogP contribution is 2.34. The van der Waals surface area contributed by atoms with Crippen LogP contribution in [0.4, 0.5) is 5.69 Å². The third kappa shape index (κ3) is 5.75. The van der Waals surface area contributed by atoms with Crippen molar-refractivity contribution in [2.24, 2.45) is 4.99 Å². The van der Waals surface area contributed by atoms with E-state index in [2.05, 4.69) is 41.5 Å². The van der Waals surface area contributed by atoms with Crippen molar-refractivity contribution in [3.8, 4) is 17.2 Å². The van der Waals surface area contributed by atoms with Crippen LogP contribution in [0.5, 0.6) is 17.2 Å². The maximum absolute atomic E-state index is 12.5. The van der Waals surface area contributed by atoms with Gasteiger partial charge in [-0.05, 0) is 60.2 Å². The van der Waals surface area contributed by atoms with E-state index in [0.717, 1.165) is 16.9 Å². The number of carbonyl (C=O) groups excluding carboxylic acids is 1. The molecular weight excluding hydrogens is 436 g/mol. The molecule has 168 valence electrons. The Morgan fingerprint density at radius 1 is 0.970 bits per heavy atom. The molecule has 4 rings (SSSR count). The number of aliphatic imine (C=N–C) groups is 1. The standard InChI is InChI=1S/C26H24N2O4S/c1-17-7-9-18(10-8-17)16-32-21-6-4-5-19(13-21)14-24-25(29)28-26(33-24)27-22-12-11-20(30-2)15-23(22)31-3/h4-15H,16H2,1-3H3,(H,27,28,29). The Labute approximate surface area is 197 Å². The molecule has 0 unspecified atom stereocenters. The van der Waals surface area contributed by atoms with Crippen LogP contribution in [0.3, 0.4) is 0 Å². The first-order chi connectivity index (χ1) is 16.0. The van der Waals surface area contributed by atoms with Crippen molar-refractivity contribution >= 4 is 34.6 Å². The van der Waals surface area contributed by atoms with Gasteiger partial charge >= 0.3 is 0 Å². The van der Waals surface area contributed by atoms with Gasteiger partial charge in [-0.2, -0.15) is 0 Å². The largest absolute Gasteiger partial charge is 0.497 e.